The van der Waals surface area contributed by atoms with Gasteiger partial charge in [0.1, 0.15) is 6.61 Å². The number of benzene rings is 2. The number of aliphatic carboxylic acids is 1. The Kier molecular flexibility index (Phi) is 6.63. The van der Waals surface area contributed by atoms with Crippen molar-refractivity contribution in [1.29, 1.82) is 0 Å². The Hall–Kier alpha value is -1.92. The van der Waals surface area contributed by atoms with Gasteiger partial charge < -0.3 is 9.84 Å². The maximum absolute atomic E-state index is 10.6. The van der Waals surface area contributed by atoms with Crippen molar-refractivity contribution >= 4 is 17.6 Å². The third kappa shape index (κ3) is 5.05. The Morgan fingerprint density at radius 2 is 1.62 bits per heavy atom. The van der Waals surface area contributed by atoms with Gasteiger partial charge in [0.05, 0.1) is 12.8 Å². The highest BCUT2D eigenvalue weighted by Crippen LogP contribution is 2.30. The van der Waals surface area contributed by atoms with Gasteiger partial charge in [-0.15, -0.1) is 0 Å². The van der Waals surface area contributed by atoms with E-state index in [9.17, 15) is 4.79 Å². The van der Waals surface area contributed by atoms with Crippen LogP contribution < -0.4 is 0 Å². The third-order valence-corrected chi connectivity index (χ3v) is 4.82. The first kappa shape index (κ1) is 18.9. The number of hydrogen-bond acceptors (Lipinski definition) is 4. The van der Waals surface area contributed by atoms with E-state index in [1.165, 1.54) is 11.1 Å². The predicted octanol–water partition coefficient (Wildman–Crippen LogP) is 3.11. The minimum absolute atomic E-state index is 0.176. The second-order valence-corrected chi connectivity index (χ2v) is 6.83. The van der Waals surface area contributed by atoms with E-state index in [0.29, 0.717) is 6.73 Å². The van der Waals surface area contributed by atoms with Gasteiger partial charge in [-0.1, -0.05) is 54.1 Å². The van der Waals surface area contributed by atoms with Crippen molar-refractivity contribution in [3.05, 3.63) is 70.7 Å². The Morgan fingerprint density at radius 1 is 1.00 bits per heavy atom. The Labute approximate surface area is 158 Å². The molecule has 26 heavy (non-hydrogen) atoms. The van der Waals surface area contributed by atoms with E-state index >= 15 is 0 Å². The van der Waals surface area contributed by atoms with Crippen LogP contribution in [0.5, 0.6) is 0 Å². The van der Waals surface area contributed by atoms with Gasteiger partial charge in [0.15, 0.2) is 0 Å². The van der Waals surface area contributed by atoms with Crippen LogP contribution in [0.4, 0.5) is 0 Å². The van der Waals surface area contributed by atoms with Crippen molar-refractivity contribution in [2.45, 2.75) is 6.04 Å². The summed E-state index contributed by atoms with van der Waals surface area (Å²) in [5.74, 6) is -0.935. The molecule has 0 saturated carbocycles. The zero-order chi connectivity index (χ0) is 18.4. The standard InChI is InChI=1S/C20H23ClN2O3/c21-18-8-6-17(7-9-18)20(16-4-2-1-3-5-16)23-12-10-22(11-13-23)15-26-14-19(24)25/h1-9,20H,10-15H2,(H,24,25)/t20-/m1/s1. The summed E-state index contributed by atoms with van der Waals surface area (Å²) in [5.41, 5.74) is 2.47. The molecular formula is C20H23ClN2O3. The normalized spacial score (nSPS) is 17.1. The topological polar surface area (TPSA) is 53.0 Å². The number of carboxylic acids is 1. The maximum atomic E-state index is 10.6. The van der Waals surface area contributed by atoms with Gasteiger partial charge in [-0.3, -0.25) is 9.80 Å². The van der Waals surface area contributed by atoms with Gasteiger partial charge in [-0.25, -0.2) is 4.79 Å². The van der Waals surface area contributed by atoms with Crippen LogP contribution in [0.2, 0.25) is 5.02 Å². The molecular weight excluding hydrogens is 352 g/mol. The van der Waals surface area contributed by atoms with Crippen molar-refractivity contribution < 1.29 is 14.6 Å². The van der Waals surface area contributed by atoms with Crippen molar-refractivity contribution in [3.63, 3.8) is 0 Å². The van der Waals surface area contributed by atoms with Crippen LogP contribution >= 0.6 is 11.6 Å². The fraction of sp³-hybridized carbons (Fsp3) is 0.350. The van der Waals surface area contributed by atoms with E-state index in [2.05, 4.69) is 46.2 Å². The fourth-order valence-corrected chi connectivity index (χ4v) is 3.43. The Morgan fingerprint density at radius 3 is 2.23 bits per heavy atom. The summed E-state index contributed by atoms with van der Waals surface area (Å²) >= 11 is 6.06. The molecule has 5 nitrogen and oxygen atoms in total. The van der Waals surface area contributed by atoms with Gasteiger partial charge in [-0.2, -0.15) is 0 Å². The van der Waals surface area contributed by atoms with E-state index in [1.54, 1.807) is 0 Å². The molecule has 1 aliphatic heterocycles. The first-order valence-corrected chi connectivity index (χ1v) is 9.07. The van der Waals surface area contributed by atoms with Crippen LogP contribution in [0.15, 0.2) is 54.6 Å². The summed E-state index contributed by atoms with van der Waals surface area (Å²) in [6, 6.07) is 18.7. The highest BCUT2D eigenvalue weighted by Gasteiger charge is 2.26. The Bertz CT molecular complexity index is 701. The molecule has 0 unspecified atom stereocenters. The lowest BCUT2D eigenvalue weighted by atomic mass is 9.96. The van der Waals surface area contributed by atoms with Crippen LogP contribution in [0.1, 0.15) is 17.2 Å². The molecule has 1 heterocycles. The van der Waals surface area contributed by atoms with E-state index < -0.39 is 5.97 Å². The number of halogens is 1. The molecule has 0 aliphatic carbocycles. The SMILES string of the molecule is O=C(O)COCN1CCN([C@H](c2ccccc2)c2ccc(Cl)cc2)CC1. The molecule has 138 valence electrons. The lowest BCUT2D eigenvalue weighted by Gasteiger charge is -2.39. The van der Waals surface area contributed by atoms with Crippen LogP contribution in [-0.2, 0) is 9.53 Å². The molecule has 3 rings (SSSR count). The quantitative estimate of drug-likeness (QED) is 0.807. The number of nitrogens with zero attached hydrogens (tertiary/aromatic N) is 2. The first-order chi connectivity index (χ1) is 12.6. The molecule has 1 saturated heterocycles. The zero-order valence-corrected chi connectivity index (χ0v) is 15.3. The average Bonchev–Trinajstić information content (AvgIpc) is 2.65. The Balaban J connectivity index is 1.69. The minimum Gasteiger partial charge on any atom is -0.480 e. The van der Waals surface area contributed by atoms with Crippen LogP contribution in [-0.4, -0.2) is 60.4 Å². The molecule has 1 aliphatic rings. The molecule has 1 N–H and O–H groups in total. The van der Waals surface area contributed by atoms with Crippen LogP contribution in [0, 0.1) is 0 Å². The number of ether oxygens (including phenoxy) is 1. The molecule has 1 fully saturated rings. The smallest absolute Gasteiger partial charge is 0.329 e. The molecule has 6 heteroatoms. The highest BCUT2D eigenvalue weighted by molar-refractivity contribution is 6.30. The van der Waals surface area contributed by atoms with Gasteiger partial charge in [0, 0.05) is 31.2 Å². The number of carboxylic acid groups (broad SMARTS) is 1. The van der Waals surface area contributed by atoms with Gasteiger partial charge >= 0.3 is 5.97 Å². The van der Waals surface area contributed by atoms with Crippen LogP contribution in [0.3, 0.4) is 0 Å². The van der Waals surface area contributed by atoms with Crippen LogP contribution in [0.25, 0.3) is 0 Å². The molecule has 0 spiro atoms. The first-order valence-electron chi connectivity index (χ1n) is 8.70. The number of carbonyl (C=O) groups is 1. The predicted molar refractivity (Wildman–Crippen MR) is 101 cm³/mol. The lowest BCUT2D eigenvalue weighted by Crippen LogP contribution is -2.48. The second-order valence-electron chi connectivity index (χ2n) is 6.39. The molecule has 0 amide bonds. The summed E-state index contributed by atoms with van der Waals surface area (Å²) in [6.45, 7) is 3.57. The molecule has 0 radical (unpaired) electrons. The van der Waals surface area contributed by atoms with E-state index in [4.69, 9.17) is 21.4 Å². The zero-order valence-electron chi connectivity index (χ0n) is 14.6. The summed E-state index contributed by atoms with van der Waals surface area (Å²) in [7, 11) is 0. The monoisotopic (exact) mass is 374 g/mol. The maximum Gasteiger partial charge on any atom is 0.329 e. The van der Waals surface area contributed by atoms with Gasteiger partial charge in [0.25, 0.3) is 0 Å². The molecule has 2 aromatic carbocycles. The van der Waals surface area contributed by atoms with Crippen molar-refractivity contribution in [2.24, 2.45) is 0 Å². The summed E-state index contributed by atoms with van der Waals surface area (Å²) in [5, 5.41) is 9.41. The number of hydrogen-bond donors (Lipinski definition) is 1. The van der Waals surface area contributed by atoms with E-state index in [1.807, 2.05) is 18.2 Å². The van der Waals surface area contributed by atoms with E-state index in [-0.39, 0.29) is 12.6 Å². The minimum atomic E-state index is -0.935. The number of rotatable bonds is 7. The summed E-state index contributed by atoms with van der Waals surface area (Å²) < 4.78 is 5.21. The molecule has 0 bridgehead atoms. The number of piperazine rings is 1. The second kappa shape index (κ2) is 9.14. The van der Waals surface area contributed by atoms with Gasteiger partial charge in [0.2, 0.25) is 0 Å². The fourth-order valence-electron chi connectivity index (χ4n) is 3.31. The molecule has 2 aromatic rings. The summed E-state index contributed by atoms with van der Waals surface area (Å²) in [4.78, 5) is 15.2. The average molecular weight is 375 g/mol. The van der Waals surface area contributed by atoms with E-state index in [0.717, 1.165) is 31.2 Å². The van der Waals surface area contributed by atoms with Gasteiger partial charge in [-0.05, 0) is 23.3 Å². The third-order valence-electron chi connectivity index (χ3n) is 4.57. The van der Waals surface area contributed by atoms with Crippen molar-refractivity contribution in [3.8, 4) is 0 Å². The largest absolute Gasteiger partial charge is 0.480 e. The molecule has 0 aromatic heterocycles. The summed E-state index contributed by atoms with van der Waals surface area (Å²) in [6.07, 6.45) is 0. The van der Waals surface area contributed by atoms with Crippen molar-refractivity contribution in [2.75, 3.05) is 39.5 Å². The van der Waals surface area contributed by atoms with Crippen molar-refractivity contribution in [1.82, 2.24) is 9.80 Å². The lowest BCUT2D eigenvalue weighted by molar-refractivity contribution is -0.144. The highest BCUT2D eigenvalue weighted by atomic mass is 35.5. The molecule has 1 atom stereocenters.